The lowest BCUT2D eigenvalue weighted by Gasteiger charge is -2.43. The van der Waals surface area contributed by atoms with E-state index in [0.29, 0.717) is 0 Å². The second kappa shape index (κ2) is 5.99. The zero-order chi connectivity index (χ0) is 18.5. The van der Waals surface area contributed by atoms with Gasteiger partial charge in [0.25, 0.3) is 0 Å². The highest BCUT2D eigenvalue weighted by Crippen LogP contribution is 2.36. The molecular weight excluding hydrogens is 348 g/mol. The molecule has 26 heavy (non-hydrogen) atoms. The number of rotatable bonds is 2. The quantitative estimate of drug-likeness (QED) is 0.688. The molecule has 1 aliphatic heterocycles. The summed E-state index contributed by atoms with van der Waals surface area (Å²) in [6, 6.07) is 4.00. The number of ether oxygens (including phenoxy) is 1. The predicted octanol–water partition coefficient (Wildman–Crippen LogP) is 3.23. The summed E-state index contributed by atoms with van der Waals surface area (Å²) in [5.74, 6) is 0. The average molecular weight is 372 g/mol. The van der Waals surface area contributed by atoms with Gasteiger partial charge >= 0.3 is 0 Å². The Morgan fingerprint density at radius 3 is 2.81 bits per heavy atom. The summed E-state index contributed by atoms with van der Waals surface area (Å²) in [6.45, 7) is 12.4. The van der Waals surface area contributed by atoms with Crippen molar-refractivity contribution < 1.29 is 4.74 Å². The van der Waals surface area contributed by atoms with E-state index < -0.39 is 0 Å². The molecule has 1 atom stereocenters. The molecule has 1 saturated heterocycles. The topological polar surface area (TPSA) is 68.4 Å². The molecule has 0 radical (unpaired) electrons. The highest BCUT2D eigenvalue weighted by Gasteiger charge is 2.36. The molecule has 0 saturated carbocycles. The Labute approximate surface area is 157 Å². The number of pyridine rings is 1. The predicted molar refractivity (Wildman–Crippen MR) is 102 cm³/mol. The Balaban J connectivity index is 1.64. The number of aromatic nitrogens is 5. The smallest absolute Gasteiger partial charge is 0.179 e. The van der Waals surface area contributed by atoms with Crippen LogP contribution in [-0.2, 0) is 10.2 Å². The van der Waals surface area contributed by atoms with E-state index in [0.717, 1.165) is 35.1 Å². The summed E-state index contributed by atoms with van der Waals surface area (Å²) in [4.78, 5) is 7.20. The first kappa shape index (κ1) is 17.4. The van der Waals surface area contributed by atoms with E-state index in [9.17, 15) is 0 Å². The molecule has 0 aromatic carbocycles. The summed E-state index contributed by atoms with van der Waals surface area (Å²) in [5, 5.41) is 14.9. The number of anilines is 1. The van der Waals surface area contributed by atoms with E-state index in [2.05, 4.69) is 66.5 Å². The lowest BCUT2D eigenvalue weighted by molar-refractivity contribution is -0.0856. The van der Waals surface area contributed by atoms with Gasteiger partial charge < -0.3 is 9.64 Å². The number of morpholine rings is 1. The van der Waals surface area contributed by atoms with Gasteiger partial charge in [-0.15, -0.1) is 16.4 Å². The Morgan fingerprint density at radius 1 is 1.27 bits per heavy atom. The van der Waals surface area contributed by atoms with Crippen molar-refractivity contribution in [3.05, 3.63) is 34.4 Å². The van der Waals surface area contributed by atoms with Crippen LogP contribution in [0, 0.1) is 0 Å². The Morgan fingerprint density at radius 2 is 2.08 bits per heavy atom. The van der Waals surface area contributed by atoms with Crippen LogP contribution in [0.3, 0.4) is 0 Å². The van der Waals surface area contributed by atoms with Crippen LogP contribution in [-0.4, -0.2) is 43.7 Å². The maximum absolute atomic E-state index is 6.37. The van der Waals surface area contributed by atoms with Crippen LogP contribution in [0.1, 0.15) is 51.4 Å². The third kappa shape index (κ3) is 3.31. The summed E-state index contributed by atoms with van der Waals surface area (Å²) >= 11 is 1.68. The van der Waals surface area contributed by atoms with Crippen LogP contribution < -0.4 is 4.90 Å². The molecular formula is C18H24N6OS. The Kier molecular flexibility index (Phi) is 4.00. The molecule has 0 N–H and O–H groups in total. The first-order valence-corrected chi connectivity index (χ1v) is 9.66. The molecule has 8 heteroatoms. The van der Waals surface area contributed by atoms with Crippen LogP contribution in [0.2, 0.25) is 0 Å². The van der Waals surface area contributed by atoms with Crippen molar-refractivity contribution in [2.45, 2.75) is 51.7 Å². The molecule has 0 bridgehead atoms. The largest absolute Gasteiger partial charge is 0.364 e. The van der Waals surface area contributed by atoms with Gasteiger partial charge in [0.2, 0.25) is 0 Å². The molecule has 0 aliphatic carbocycles. The first-order valence-electron chi connectivity index (χ1n) is 8.78. The summed E-state index contributed by atoms with van der Waals surface area (Å²) in [7, 11) is 0. The van der Waals surface area contributed by atoms with Gasteiger partial charge in [-0.2, -0.15) is 4.52 Å². The molecule has 4 heterocycles. The van der Waals surface area contributed by atoms with Gasteiger partial charge in [0.05, 0.1) is 29.7 Å². The maximum atomic E-state index is 6.37. The number of fused-ring (bicyclic) bond motifs is 1. The van der Waals surface area contributed by atoms with Gasteiger partial charge in [-0.1, -0.05) is 20.8 Å². The van der Waals surface area contributed by atoms with Crippen molar-refractivity contribution in [1.82, 2.24) is 25.0 Å². The highest BCUT2D eigenvalue weighted by molar-refractivity contribution is 7.09. The monoisotopic (exact) mass is 372 g/mol. The Bertz CT molecular complexity index is 925. The molecule has 1 aliphatic rings. The third-order valence-electron chi connectivity index (χ3n) is 4.53. The molecule has 4 rings (SSSR count). The van der Waals surface area contributed by atoms with E-state index >= 15 is 0 Å². The molecule has 0 unspecified atom stereocenters. The molecule has 138 valence electrons. The fourth-order valence-corrected chi connectivity index (χ4v) is 4.27. The van der Waals surface area contributed by atoms with Crippen LogP contribution in [0.25, 0.3) is 5.65 Å². The fraction of sp³-hybridized carbons (Fsp3) is 0.556. The van der Waals surface area contributed by atoms with Gasteiger partial charge in [0.15, 0.2) is 5.65 Å². The second-order valence-electron chi connectivity index (χ2n) is 8.44. The van der Waals surface area contributed by atoms with Crippen molar-refractivity contribution >= 4 is 22.7 Å². The van der Waals surface area contributed by atoms with E-state index in [4.69, 9.17) is 9.72 Å². The molecule has 0 spiro atoms. The van der Waals surface area contributed by atoms with Gasteiger partial charge in [-0.25, -0.2) is 4.98 Å². The van der Waals surface area contributed by atoms with Crippen molar-refractivity contribution in [3.8, 4) is 0 Å². The lowest BCUT2D eigenvalue weighted by Crippen LogP contribution is -2.49. The maximum Gasteiger partial charge on any atom is 0.179 e. The minimum Gasteiger partial charge on any atom is -0.364 e. The van der Waals surface area contributed by atoms with Gasteiger partial charge in [-0.05, 0) is 36.4 Å². The number of tetrazole rings is 1. The zero-order valence-electron chi connectivity index (χ0n) is 15.8. The summed E-state index contributed by atoms with van der Waals surface area (Å²) in [6.07, 6.45) is 1.92. The van der Waals surface area contributed by atoms with Gasteiger partial charge in [0, 0.05) is 17.3 Å². The number of nitrogens with zero attached hydrogens (tertiary/aromatic N) is 6. The molecule has 7 nitrogen and oxygen atoms in total. The highest BCUT2D eigenvalue weighted by atomic mass is 32.1. The van der Waals surface area contributed by atoms with Crippen LogP contribution in [0.5, 0.6) is 0 Å². The standard InChI is InChI=1S/C18H24N6OS/c1-17(2,3)14-10-26-16(19-14)13-9-23(11-18(4,5)25-13)12-6-7-15-20-21-22-24(15)8-12/h6-8,10,13H,9,11H2,1-5H3/t13-/m0/s1. The zero-order valence-corrected chi connectivity index (χ0v) is 16.6. The van der Waals surface area contributed by atoms with Crippen LogP contribution in [0.4, 0.5) is 5.69 Å². The fourth-order valence-electron chi connectivity index (χ4n) is 3.21. The SMILES string of the molecule is CC1(C)CN(c2ccc3nnnn3c2)C[C@@H](c2nc(C(C)(C)C)cs2)O1. The van der Waals surface area contributed by atoms with Gasteiger partial charge in [0.1, 0.15) is 11.1 Å². The Hall–Kier alpha value is -2.06. The normalized spacial score (nSPS) is 20.7. The van der Waals surface area contributed by atoms with Crippen molar-refractivity contribution in [2.75, 3.05) is 18.0 Å². The molecule has 3 aromatic rings. The number of hydrogen-bond acceptors (Lipinski definition) is 7. The molecule has 0 amide bonds. The van der Waals surface area contributed by atoms with Crippen LogP contribution in [0.15, 0.2) is 23.7 Å². The number of thiazole rings is 1. The molecule has 1 fully saturated rings. The van der Waals surface area contributed by atoms with Crippen LogP contribution >= 0.6 is 11.3 Å². The van der Waals surface area contributed by atoms with Crippen molar-refractivity contribution in [1.29, 1.82) is 0 Å². The third-order valence-corrected chi connectivity index (χ3v) is 5.46. The van der Waals surface area contributed by atoms with E-state index in [1.165, 1.54) is 0 Å². The lowest BCUT2D eigenvalue weighted by atomic mass is 9.93. The van der Waals surface area contributed by atoms with Crippen molar-refractivity contribution in [3.63, 3.8) is 0 Å². The van der Waals surface area contributed by atoms with E-state index in [1.807, 2.05) is 12.3 Å². The van der Waals surface area contributed by atoms with Crippen molar-refractivity contribution in [2.24, 2.45) is 0 Å². The van der Waals surface area contributed by atoms with E-state index in [-0.39, 0.29) is 17.1 Å². The minimum atomic E-state index is -0.272. The molecule has 3 aromatic heterocycles. The number of hydrogen-bond donors (Lipinski definition) is 0. The summed E-state index contributed by atoms with van der Waals surface area (Å²) < 4.78 is 8.07. The van der Waals surface area contributed by atoms with Gasteiger partial charge in [-0.3, -0.25) is 0 Å². The second-order valence-corrected chi connectivity index (χ2v) is 9.33. The first-order chi connectivity index (χ1) is 12.2. The average Bonchev–Trinajstić information content (AvgIpc) is 3.21. The minimum absolute atomic E-state index is 0.0454. The summed E-state index contributed by atoms with van der Waals surface area (Å²) in [5.41, 5.74) is 2.72. The van der Waals surface area contributed by atoms with E-state index in [1.54, 1.807) is 15.9 Å².